The average molecular weight is 405 g/mol. The Morgan fingerprint density at radius 1 is 1.18 bits per heavy atom. The van der Waals surface area contributed by atoms with E-state index in [9.17, 15) is 17.6 Å². The van der Waals surface area contributed by atoms with Gasteiger partial charge in [0.15, 0.2) is 0 Å². The Morgan fingerprint density at radius 3 is 2.61 bits per heavy atom. The molecule has 0 fully saturated rings. The van der Waals surface area contributed by atoms with Crippen molar-refractivity contribution >= 4 is 15.9 Å². The number of amides is 1. The van der Waals surface area contributed by atoms with Crippen LogP contribution in [0.5, 0.6) is 0 Å². The van der Waals surface area contributed by atoms with Gasteiger partial charge in [-0.1, -0.05) is 36.4 Å². The third kappa shape index (κ3) is 4.97. The first-order chi connectivity index (χ1) is 13.2. The van der Waals surface area contributed by atoms with Crippen molar-refractivity contribution in [1.29, 1.82) is 0 Å². The molecule has 1 aliphatic rings. The molecule has 2 aromatic rings. The molecular weight excluding hydrogens is 379 g/mol. The minimum atomic E-state index is -3.68. The van der Waals surface area contributed by atoms with E-state index in [1.165, 1.54) is 29.3 Å². The summed E-state index contributed by atoms with van der Waals surface area (Å²) in [7, 11) is -3.68. The summed E-state index contributed by atoms with van der Waals surface area (Å²) in [4.78, 5) is 12.5. The number of benzene rings is 2. The fraction of sp³-hybridized carbons (Fsp3) is 0.381. The van der Waals surface area contributed by atoms with E-state index < -0.39 is 21.7 Å². The standard InChI is InChI=1S/C21H25FN2O3S/c1-15(17-11-10-16-7-5-8-18(16)12-17)23-21(25)14-24(28(2,26)27)13-19-6-3-4-9-20(19)22/h3-4,6,9-12,15H,5,7-8,13-14H2,1-2H3,(H,23,25). The van der Waals surface area contributed by atoms with Crippen molar-refractivity contribution in [3.8, 4) is 0 Å². The summed E-state index contributed by atoms with van der Waals surface area (Å²) in [5.74, 6) is -0.919. The van der Waals surface area contributed by atoms with E-state index in [-0.39, 0.29) is 24.7 Å². The third-order valence-electron chi connectivity index (χ3n) is 5.09. The Hall–Kier alpha value is -2.25. The van der Waals surface area contributed by atoms with Crippen LogP contribution >= 0.6 is 0 Å². The average Bonchev–Trinajstić information content (AvgIpc) is 3.09. The number of hydrogen-bond acceptors (Lipinski definition) is 3. The number of aryl methyl sites for hydroxylation is 2. The van der Waals surface area contributed by atoms with Gasteiger partial charge in [-0.15, -0.1) is 0 Å². The van der Waals surface area contributed by atoms with Gasteiger partial charge in [0.1, 0.15) is 5.82 Å². The second-order valence-corrected chi connectivity index (χ2v) is 9.28. The zero-order valence-corrected chi connectivity index (χ0v) is 16.9. The Morgan fingerprint density at radius 2 is 1.89 bits per heavy atom. The summed E-state index contributed by atoms with van der Waals surface area (Å²) in [6, 6.07) is 11.9. The van der Waals surface area contributed by atoms with Gasteiger partial charge in [-0.25, -0.2) is 12.8 Å². The largest absolute Gasteiger partial charge is 0.348 e. The summed E-state index contributed by atoms with van der Waals surface area (Å²) in [5, 5.41) is 2.85. The van der Waals surface area contributed by atoms with Crippen LogP contribution in [0.2, 0.25) is 0 Å². The highest BCUT2D eigenvalue weighted by Gasteiger charge is 2.23. The van der Waals surface area contributed by atoms with Gasteiger partial charge in [0, 0.05) is 12.1 Å². The normalized spacial score (nSPS) is 14.7. The molecule has 2 aromatic carbocycles. The van der Waals surface area contributed by atoms with Gasteiger partial charge in [0.25, 0.3) is 0 Å². The van der Waals surface area contributed by atoms with Crippen LogP contribution < -0.4 is 5.32 Å². The number of carbonyl (C=O) groups excluding carboxylic acids is 1. The molecule has 0 spiro atoms. The van der Waals surface area contributed by atoms with Crippen LogP contribution in [0.3, 0.4) is 0 Å². The molecule has 0 saturated heterocycles. The molecular formula is C21H25FN2O3S. The fourth-order valence-electron chi connectivity index (χ4n) is 3.50. The molecule has 0 radical (unpaired) electrons. The van der Waals surface area contributed by atoms with Gasteiger partial charge in [-0.3, -0.25) is 4.79 Å². The molecule has 1 unspecified atom stereocenters. The predicted molar refractivity (Wildman–Crippen MR) is 107 cm³/mol. The van der Waals surface area contributed by atoms with Crippen LogP contribution in [0, 0.1) is 5.82 Å². The number of nitrogens with zero attached hydrogens (tertiary/aromatic N) is 1. The van der Waals surface area contributed by atoms with E-state index in [1.54, 1.807) is 6.07 Å². The number of hydrogen-bond donors (Lipinski definition) is 1. The smallest absolute Gasteiger partial charge is 0.235 e. The first kappa shape index (κ1) is 20.5. The lowest BCUT2D eigenvalue weighted by Crippen LogP contribution is -2.40. The molecule has 0 aliphatic heterocycles. The zero-order chi connectivity index (χ0) is 20.3. The Labute approximate surface area is 165 Å². The lowest BCUT2D eigenvalue weighted by molar-refractivity contribution is -0.122. The summed E-state index contributed by atoms with van der Waals surface area (Å²) >= 11 is 0. The van der Waals surface area contributed by atoms with Gasteiger partial charge >= 0.3 is 0 Å². The highest BCUT2D eigenvalue weighted by Crippen LogP contribution is 2.25. The minimum absolute atomic E-state index is 0.188. The quantitative estimate of drug-likeness (QED) is 0.772. The first-order valence-corrected chi connectivity index (χ1v) is 11.2. The summed E-state index contributed by atoms with van der Waals surface area (Å²) in [6.45, 7) is 1.32. The predicted octanol–water partition coefficient (Wildman–Crippen LogP) is 2.95. The summed E-state index contributed by atoms with van der Waals surface area (Å²) < 4.78 is 39.1. The number of rotatable bonds is 7. The maximum Gasteiger partial charge on any atom is 0.235 e. The molecule has 28 heavy (non-hydrogen) atoms. The van der Waals surface area contributed by atoms with E-state index in [4.69, 9.17) is 0 Å². The van der Waals surface area contributed by atoms with Crippen molar-refractivity contribution in [3.63, 3.8) is 0 Å². The summed E-state index contributed by atoms with van der Waals surface area (Å²) in [5.41, 5.74) is 3.90. The van der Waals surface area contributed by atoms with E-state index in [1.807, 2.05) is 13.0 Å². The molecule has 1 atom stereocenters. The van der Waals surface area contributed by atoms with Crippen LogP contribution in [0.15, 0.2) is 42.5 Å². The number of carbonyl (C=O) groups is 1. The topological polar surface area (TPSA) is 66.5 Å². The van der Waals surface area contributed by atoms with Gasteiger partial charge in [0.2, 0.25) is 15.9 Å². The molecule has 0 saturated carbocycles. The van der Waals surface area contributed by atoms with E-state index in [2.05, 4.69) is 17.4 Å². The molecule has 5 nitrogen and oxygen atoms in total. The number of sulfonamides is 1. The molecule has 7 heteroatoms. The fourth-order valence-corrected chi connectivity index (χ4v) is 4.22. The van der Waals surface area contributed by atoms with Crippen LogP contribution in [0.1, 0.15) is 41.6 Å². The van der Waals surface area contributed by atoms with E-state index in [0.29, 0.717) is 0 Å². The second-order valence-electron chi connectivity index (χ2n) is 7.29. The van der Waals surface area contributed by atoms with E-state index in [0.717, 1.165) is 35.4 Å². The molecule has 0 aromatic heterocycles. The van der Waals surface area contributed by atoms with Gasteiger partial charge < -0.3 is 5.32 Å². The van der Waals surface area contributed by atoms with Gasteiger partial charge in [-0.05, 0) is 48.9 Å². The Balaban J connectivity index is 1.67. The minimum Gasteiger partial charge on any atom is -0.348 e. The molecule has 1 amide bonds. The van der Waals surface area contributed by atoms with Crippen LogP contribution in [-0.4, -0.2) is 31.4 Å². The van der Waals surface area contributed by atoms with Crippen molar-refractivity contribution in [2.75, 3.05) is 12.8 Å². The van der Waals surface area contributed by atoms with E-state index >= 15 is 0 Å². The molecule has 150 valence electrons. The molecule has 3 rings (SSSR count). The number of fused-ring (bicyclic) bond motifs is 1. The summed E-state index contributed by atoms with van der Waals surface area (Å²) in [6.07, 6.45) is 4.31. The maximum absolute atomic E-state index is 13.9. The number of halogens is 1. The van der Waals surface area contributed by atoms with Gasteiger partial charge in [0.05, 0.1) is 18.8 Å². The number of nitrogens with one attached hydrogen (secondary N) is 1. The Kier molecular flexibility index (Phi) is 6.15. The lowest BCUT2D eigenvalue weighted by atomic mass is 10.0. The monoisotopic (exact) mass is 404 g/mol. The van der Waals surface area contributed by atoms with Crippen molar-refractivity contribution in [2.45, 2.75) is 38.8 Å². The van der Waals surface area contributed by atoms with Crippen LogP contribution in [-0.2, 0) is 34.2 Å². The molecule has 0 bridgehead atoms. The van der Waals surface area contributed by atoms with Crippen molar-refractivity contribution < 1.29 is 17.6 Å². The zero-order valence-electron chi connectivity index (χ0n) is 16.1. The molecule has 1 N–H and O–H groups in total. The molecule has 0 heterocycles. The van der Waals surface area contributed by atoms with Crippen molar-refractivity contribution in [1.82, 2.24) is 9.62 Å². The van der Waals surface area contributed by atoms with Gasteiger partial charge in [-0.2, -0.15) is 4.31 Å². The third-order valence-corrected chi connectivity index (χ3v) is 6.29. The van der Waals surface area contributed by atoms with Crippen LogP contribution in [0.25, 0.3) is 0 Å². The van der Waals surface area contributed by atoms with Crippen molar-refractivity contribution in [2.24, 2.45) is 0 Å². The van der Waals surface area contributed by atoms with Crippen molar-refractivity contribution in [3.05, 3.63) is 70.5 Å². The maximum atomic E-state index is 13.9. The first-order valence-electron chi connectivity index (χ1n) is 9.33. The molecule has 1 aliphatic carbocycles. The highest BCUT2D eigenvalue weighted by molar-refractivity contribution is 7.88. The Bertz CT molecular complexity index is 975. The SMILES string of the molecule is CC(NC(=O)CN(Cc1ccccc1F)S(C)(=O)=O)c1ccc2c(c1)CCC2. The van der Waals surface area contributed by atoms with Crippen LogP contribution in [0.4, 0.5) is 4.39 Å². The lowest BCUT2D eigenvalue weighted by Gasteiger charge is -2.22. The highest BCUT2D eigenvalue weighted by atomic mass is 32.2. The second kappa shape index (κ2) is 8.41.